The maximum absolute atomic E-state index is 13.5. The van der Waals surface area contributed by atoms with Crippen LogP contribution in [-0.4, -0.2) is 35.6 Å². The second kappa shape index (κ2) is 6.52. The van der Waals surface area contributed by atoms with E-state index in [9.17, 15) is 18.4 Å². The Morgan fingerprint density at radius 3 is 2.65 bits per heavy atom. The van der Waals surface area contributed by atoms with Crippen molar-refractivity contribution in [3.8, 4) is 0 Å². The Labute approximate surface area is 133 Å². The first kappa shape index (κ1) is 17.2. The summed E-state index contributed by atoms with van der Waals surface area (Å²) in [4.78, 5) is 25.5. The fraction of sp³-hybridized carbons (Fsp3) is 0.500. The lowest BCUT2D eigenvalue weighted by Gasteiger charge is -2.24. The minimum Gasteiger partial charge on any atom is -0.444 e. The maximum atomic E-state index is 13.5. The van der Waals surface area contributed by atoms with Gasteiger partial charge in [-0.05, 0) is 39.3 Å². The van der Waals surface area contributed by atoms with Gasteiger partial charge in [-0.15, -0.1) is 0 Å². The molecule has 1 heterocycles. The Balaban J connectivity index is 1.95. The van der Waals surface area contributed by atoms with E-state index in [-0.39, 0.29) is 12.2 Å². The Bertz CT molecular complexity index is 614. The van der Waals surface area contributed by atoms with Crippen molar-refractivity contribution in [2.24, 2.45) is 5.92 Å². The molecule has 7 heteroatoms. The topological polar surface area (TPSA) is 58.6 Å². The summed E-state index contributed by atoms with van der Waals surface area (Å²) < 4.78 is 31.9. The molecule has 1 aromatic carbocycles. The third-order valence-electron chi connectivity index (χ3n) is 3.40. The first-order valence-corrected chi connectivity index (χ1v) is 7.39. The number of carbonyl (C=O) groups is 2. The normalized spacial score (nSPS) is 18.0. The molecule has 1 atom stereocenters. The lowest BCUT2D eigenvalue weighted by atomic mass is 10.1. The van der Waals surface area contributed by atoms with E-state index in [1.54, 1.807) is 20.8 Å². The van der Waals surface area contributed by atoms with Gasteiger partial charge in [-0.1, -0.05) is 0 Å². The van der Waals surface area contributed by atoms with Crippen molar-refractivity contribution in [3.05, 3.63) is 29.8 Å². The van der Waals surface area contributed by atoms with Gasteiger partial charge in [0.2, 0.25) is 5.91 Å². The summed E-state index contributed by atoms with van der Waals surface area (Å²) >= 11 is 0. The molecule has 1 aromatic rings. The molecular weight excluding hydrogens is 306 g/mol. The highest BCUT2D eigenvalue weighted by Gasteiger charge is 2.33. The Kier molecular flexibility index (Phi) is 4.87. The zero-order chi connectivity index (χ0) is 17.2. The number of rotatable bonds is 2. The number of hydrogen-bond acceptors (Lipinski definition) is 3. The molecule has 1 N–H and O–H groups in total. The SMILES string of the molecule is CC(C)(C)OC(=O)N1CC[C@@H](C(=O)Nc2cc(F)ccc2F)C1. The van der Waals surface area contributed by atoms with Gasteiger partial charge in [0, 0.05) is 19.2 Å². The average Bonchev–Trinajstić information content (AvgIpc) is 2.91. The molecule has 2 amide bonds. The fourth-order valence-corrected chi connectivity index (χ4v) is 2.29. The first-order valence-electron chi connectivity index (χ1n) is 7.39. The van der Waals surface area contributed by atoms with Crippen LogP contribution in [-0.2, 0) is 9.53 Å². The Morgan fingerprint density at radius 1 is 1.30 bits per heavy atom. The minimum atomic E-state index is -0.707. The Morgan fingerprint density at radius 2 is 2.00 bits per heavy atom. The summed E-state index contributed by atoms with van der Waals surface area (Å²) in [7, 11) is 0. The lowest BCUT2D eigenvalue weighted by Crippen LogP contribution is -2.36. The third-order valence-corrected chi connectivity index (χ3v) is 3.40. The molecule has 0 unspecified atom stereocenters. The number of nitrogens with zero attached hydrogens (tertiary/aromatic N) is 1. The van der Waals surface area contributed by atoms with E-state index in [0.717, 1.165) is 18.2 Å². The van der Waals surface area contributed by atoms with Gasteiger partial charge in [-0.2, -0.15) is 0 Å². The van der Waals surface area contributed by atoms with Crippen LogP contribution in [0.3, 0.4) is 0 Å². The van der Waals surface area contributed by atoms with E-state index in [1.807, 2.05) is 0 Å². The van der Waals surface area contributed by atoms with Crippen LogP contribution < -0.4 is 5.32 Å². The highest BCUT2D eigenvalue weighted by Crippen LogP contribution is 2.22. The number of anilines is 1. The van der Waals surface area contributed by atoms with Crippen molar-refractivity contribution in [3.63, 3.8) is 0 Å². The van der Waals surface area contributed by atoms with E-state index in [2.05, 4.69) is 5.32 Å². The van der Waals surface area contributed by atoms with Crippen molar-refractivity contribution >= 4 is 17.7 Å². The van der Waals surface area contributed by atoms with E-state index in [1.165, 1.54) is 4.90 Å². The van der Waals surface area contributed by atoms with E-state index in [4.69, 9.17) is 4.74 Å². The van der Waals surface area contributed by atoms with Crippen molar-refractivity contribution in [2.75, 3.05) is 18.4 Å². The zero-order valence-electron chi connectivity index (χ0n) is 13.4. The number of benzene rings is 1. The molecule has 126 valence electrons. The summed E-state index contributed by atoms with van der Waals surface area (Å²) in [5.74, 6) is -2.27. The predicted molar refractivity (Wildman–Crippen MR) is 80.9 cm³/mol. The average molecular weight is 326 g/mol. The largest absolute Gasteiger partial charge is 0.444 e. The summed E-state index contributed by atoms with van der Waals surface area (Å²) in [5.41, 5.74) is -0.812. The number of ether oxygens (including phenoxy) is 1. The summed E-state index contributed by atoms with van der Waals surface area (Å²) in [6.07, 6.45) is -0.0353. The molecule has 0 saturated carbocycles. The fourth-order valence-electron chi connectivity index (χ4n) is 2.29. The highest BCUT2D eigenvalue weighted by molar-refractivity contribution is 5.93. The van der Waals surface area contributed by atoms with Crippen LogP contribution in [0.2, 0.25) is 0 Å². The van der Waals surface area contributed by atoms with Crippen LogP contribution in [0.1, 0.15) is 27.2 Å². The third kappa shape index (κ3) is 4.64. The molecule has 0 aliphatic carbocycles. The smallest absolute Gasteiger partial charge is 0.410 e. The molecule has 5 nitrogen and oxygen atoms in total. The van der Waals surface area contributed by atoms with Crippen LogP contribution in [0, 0.1) is 17.6 Å². The summed E-state index contributed by atoms with van der Waals surface area (Å²) in [6, 6.07) is 2.85. The molecule has 1 saturated heterocycles. The van der Waals surface area contributed by atoms with Gasteiger partial charge in [0.1, 0.15) is 17.2 Å². The number of hydrogen-bond donors (Lipinski definition) is 1. The molecule has 23 heavy (non-hydrogen) atoms. The molecule has 1 aliphatic rings. The van der Waals surface area contributed by atoms with Gasteiger partial charge in [-0.25, -0.2) is 13.6 Å². The molecule has 0 bridgehead atoms. The lowest BCUT2D eigenvalue weighted by molar-refractivity contribution is -0.119. The van der Waals surface area contributed by atoms with Crippen LogP contribution in [0.5, 0.6) is 0 Å². The van der Waals surface area contributed by atoms with Gasteiger partial charge < -0.3 is 15.0 Å². The number of halogens is 2. The quantitative estimate of drug-likeness (QED) is 0.908. The number of likely N-dealkylation sites (tertiary alicyclic amines) is 1. The van der Waals surface area contributed by atoms with Crippen molar-refractivity contribution < 1.29 is 23.1 Å². The highest BCUT2D eigenvalue weighted by atomic mass is 19.1. The summed E-state index contributed by atoms with van der Waals surface area (Å²) in [5, 5.41) is 2.37. The van der Waals surface area contributed by atoms with Crippen LogP contribution in [0.15, 0.2) is 18.2 Å². The van der Waals surface area contributed by atoms with E-state index < -0.39 is 35.2 Å². The molecule has 0 spiro atoms. The van der Waals surface area contributed by atoms with Gasteiger partial charge in [0.05, 0.1) is 11.6 Å². The molecule has 0 radical (unpaired) electrons. The molecule has 2 rings (SSSR count). The van der Waals surface area contributed by atoms with Crippen LogP contribution in [0.25, 0.3) is 0 Å². The Hall–Kier alpha value is -2.18. The molecule has 1 fully saturated rings. The zero-order valence-corrected chi connectivity index (χ0v) is 13.4. The van der Waals surface area contributed by atoms with Crippen LogP contribution in [0.4, 0.5) is 19.3 Å². The number of carbonyl (C=O) groups excluding carboxylic acids is 2. The van der Waals surface area contributed by atoms with Gasteiger partial charge in [0.15, 0.2) is 0 Å². The molecule has 1 aliphatic heterocycles. The number of amides is 2. The van der Waals surface area contributed by atoms with E-state index in [0.29, 0.717) is 13.0 Å². The van der Waals surface area contributed by atoms with Gasteiger partial charge in [0.25, 0.3) is 0 Å². The van der Waals surface area contributed by atoms with Crippen molar-refractivity contribution in [1.29, 1.82) is 0 Å². The van der Waals surface area contributed by atoms with E-state index >= 15 is 0 Å². The standard InChI is InChI=1S/C16H20F2N2O3/c1-16(2,3)23-15(22)20-7-6-10(9-20)14(21)19-13-8-11(17)4-5-12(13)18/h4-5,8,10H,6-7,9H2,1-3H3,(H,19,21)/t10-/m1/s1. The second-order valence-corrected chi connectivity index (χ2v) is 6.53. The molecule has 0 aromatic heterocycles. The van der Waals surface area contributed by atoms with Crippen molar-refractivity contribution in [2.45, 2.75) is 32.8 Å². The van der Waals surface area contributed by atoms with Crippen molar-refractivity contribution in [1.82, 2.24) is 4.90 Å². The van der Waals surface area contributed by atoms with Gasteiger partial charge in [-0.3, -0.25) is 4.79 Å². The summed E-state index contributed by atoms with van der Waals surface area (Å²) in [6.45, 7) is 5.87. The predicted octanol–water partition coefficient (Wildman–Crippen LogP) is 3.16. The molecular formula is C16H20F2N2O3. The maximum Gasteiger partial charge on any atom is 0.410 e. The number of nitrogens with one attached hydrogen (secondary N) is 1. The van der Waals surface area contributed by atoms with Gasteiger partial charge >= 0.3 is 6.09 Å². The minimum absolute atomic E-state index is 0.192. The first-order chi connectivity index (χ1) is 10.7. The monoisotopic (exact) mass is 326 g/mol. The second-order valence-electron chi connectivity index (χ2n) is 6.53. The van der Waals surface area contributed by atoms with Crippen LogP contribution >= 0.6 is 0 Å².